The molecular weight excluding hydrogens is 266 g/mol. The van der Waals surface area contributed by atoms with Crippen LogP contribution in [0.1, 0.15) is 69.5 Å². The number of methoxy groups -OCH3 is 1. The summed E-state index contributed by atoms with van der Waals surface area (Å²) in [5.41, 5.74) is 5.97. The van der Waals surface area contributed by atoms with Crippen LogP contribution in [0.15, 0.2) is 4.52 Å². The number of ether oxygens (including phenoxy) is 1. The summed E-state index contributed by atoms with van der Waals surface area (Å²) in [6, 6.07) is 0.144. The first-order valence-corrected chi connectivity index (χ1v) is 8.37. The maximum Gasteiger partial charge on any atom is 0.228 e. The van der Waals surface area contributed by atoms with Crippen LogP contribution in [0, 0.1) is 5.92 Å². The maximum absolute atomic E-state index is 6.31. The Kier molecular flexibility index (Phi) is 4.60. The zero-order chi connectivity index (χ0) is 14.7. The quantitative estimate of drug-likeness (QED) is 0.903. The van der Waals surface area contributed by atoms with Gasteiger partial charge in [-0.1, -0.05) is 37.3 Å². The van der Waals surface area contributed by atoms with Crippen LogP contribution >= 0.6 is 0 Å². The molecule has 0 bridgehead atoms. The molecule has 0 amide bonds. The Labute approximate surface area is 126 Å². The van der Waals surface area contributed by atoms with Crippen molar-refractivity contribution in [1.29, 1.82) is 0 Å². The number of hydrogen-bond donors (Lipinski definition) is 1. The van der Waals surface area contributed by atoms with Gasteiger partial charge in [-0.05, 0) is 31.6 Å². The van der Waals surface area contributed by atoms with Gasteiger partial charge in [0.05, 0.1) is 0 Å². The van der Waals surface area contributed by atoms with Gasteiger partial charge in [-0.15, -0.1) is 0 Å². The second kappa shape index (κ2) is 6.44. The third kappa shape index (κ3) is 3.14. The Morgan fingerprint density at radius 2 is 1.95 bits per heavy atom. The molecular formula is C16H27N3O2. The van der Waals surface area contributed by atoms with Gasteiger partial charge in [0, 0.05) is 19.6 Å². The molecule has 5 nitrogen and oxygen atoms in total. The zero-order valence-corrected chi connectivity index (χ0v) is 13.0. The summed E-state index contributed by atoms with van der Waals surface area (Å²) in [4.78, 5) is 4.61. The predicted octanol–water partition coefficient (Wildman–Crippen LogP) is 2.94. The van der Waals surface area contributed by atoms with Crippen LogP contribution in [0.25, 0.3) is 0 Å². The lowest BCUT2D eigenvalue weighted by Crippen LogP contribution is -2.33. The van der Waals surface area contributed by atoms with Crippen LogP contribution in [0.2, 0.25) is 0 Å². The number of rotatable bonds is 5. The SMILES string of the molecule is COC1(c2noc(CC(N)C3CCCC3)n2)CCCCC1. The van der Waals surface area contributed by atoms with E-state index in [2.05, 4.69) is 10.1 Å². The number of aromatic nitrogens is 2. The first-order chi connectivity index (χ1) is 10.2. The molecule has 0 radical (unpaired) electrons. The third-order valence-electron chi connectivity index (χ3n) is 5.34. The summed E-state index contributed by atoms with van der Waals surface area (Å²) in [5.74, 6) is 2.01. The van der Waals surface area contributed by atoms with Crippen molar-refractivity contribution >= 4 is 0 Å². The number of hydrogen-bond acceptors (Lipinski definition) is 5. The van der Waals surface area contributed by atoms with Crippen LogP contribution < -0.4 is 5.73 Å². The molecule has 5 heteroatoms. The largest absolute Gasteiger partial charge is 0.370 e. The Morgan fingerprint density at radius 1 is 1.24 bits per heavy atom. The van der Waals surface area contributed by atoms with E-state index in [1.54, 1.807) is 7.11 Å². The fourth-order valence-corrected chi connectivity index (χ4v) is 3.92. The molecule has 2 fully saturated rings. The summed E-state index contributed by atoms with van der Waals surface area (Å²) >= 11 is 0. The second-order valence-electron chi connectivity index (χ2n) is 6.68. The molecule has 118 valence electrons. The second-order valence-corrected chi connectivity index (χ2v) is 6.68. The molecule has 1 aromatic rings. The summed E-state index contributed by atoms with van der Waals surface area (Å²) < 4.78 is 11.2. The lowest BCUT2D eigenvalue weighted by atomic mass is 9.84. The van der Waals surface area contributed by atoms with Gasteiger partial charge in [0.15, 0.2) is 0 Å². The van der Waals surface area contributed by atoms with Gasteiger partial charge in [0.1, 0.15) is 5.60 Å². The molecule has 0 aromatic carbocycles. The van der Waals surface area contributed by atoms with E-state index in [4.69, 9.17) is 15.0 Å². The molecule has 21 heavy (non-hydrogen) atoms. The number of nitrogens with zero attached hydrogens (tertiary/aromatic N) is 2. The van der Waals surface area contributed by atoms with Crippen molar-refractivity contribution < 1.29 is 9.26 Å². The van der Waals surface area contributed by atoms with Crippen molar-refractivity contribution in [2.45, 2.75) is 75.9 Å². The summed E-state index contributed by atoms with van der Waals surface area (Å²) in [6.07, 6.45) is 11.3. The summed E-state index contributed by atoms with van der Waals surface area (Å²) in [5, 5.41) is 4.20. The van der Waals surface area contributed by atoms with Crippen molar-refractivity contribution in [2.75, 3.05) is 7.11 Å². The van der Waals surface area contributed by atoms with E-state index in [-0.39, 0.29) is 11.6 Å². The van der Waals surface area contributed by atoms with Crippen LogP contribution in [-0.4, -0.2) is 23.3 Å². The third-order valence-corrected chi connectivity index (χ3v) is 5.34. The molecule has 1 unspecified atom stereocenters. The highest BCUT2D eigenvalue weighted by Gasteiger charge is 2.38. The van der Waals surface area contributed by atoms with E-state index in [1.165, 1.54) is 44.9 Å². The lowest BCUT2D eigenvalue weighted by molar-refractivity contribution is -0.0527. The predicted molar refractivity (Wildman–Crippen MR) is 79.7 cm³/mol. The Hall–Kier alpha value is -0.940. The van der Waals surface area contributed by atoms with Crippen LogP contribution in [-0.2, 0) is 16.8 Å². The molecule has 1 heterocycles. The molecule has 3 rings (SSSR count). The molecule has 1 aromatic heterocycles. The van der Waals surface area contributed by atoms with Crippen molar-refractivity contribution in [3.63, 3.8) is 0 Å². The van der Waals surface area contributed by atoms with Gasteiger partial charge in [-0.25, -0.2) is 0 Å². The van der Waals surface area contributed by atoms with Gasteiger partial charge in [0.25, 0.3) is 0 Å². The molecule has 0 saturated heterocycles. The van der Waals surface area contributed by atoms with Gasteiger partial charge in [-0.2, -0.15) is 4.98 Å². The van der Waals surface area contributed by atoms with Gasteiger partial charge >= 0.3 is 0 Å². The maximum atomic E-state index is 6.31. The minimum absolute atomic E-state index is 0.144. The van der Waals surface area contributed by atoms with E-state index in [0.29, 0.717) is 18.2 Å². The van der Waals surface area contributed by atoms with Crippen LogP contribution in [0.3, 0.4) is 0 Å². The highest BCUT2D eigenvalue weighted by molar-refractivity contribution is 5.04. The highest BCUT2D eigenvalue weighted by Crippen LogP contribution is 2.38. The summed E-state index contributed by atoms with van der Waals surface area (Å²) in [6.45, 7) is 0. The molecule has 0 spiro atoms. The monoisotopic (exact) mass is 293 g/mol. The van der Waals surface area contributed by atoms with Gasteiger partial charge in [-0.3, -0.25) is 0 Å². The minimum Gasteiger partial charge on any atom is -0.370 e. The Balaban J connectivity index is 1.67. The molecule has 1 atom stereocenters. The first-order valence-electron chi connectivity index (χ1n) is 8.37. The lowest BCUT2D eigenvalue weighted by Gasteiger charge is -2.32. The molecule has 2 saturated carbocycles. The van der Waals surface area contributed by atoms with E-state index < -0.39 is 0 Å². The zero-order valence-electron chi connectivity index (χ0n) is 13.0. The van der Waals surface area contributed by atoms with E-state index >= 15 is 0 Å². The fourth-order valence-electron chi connectivity index (χ4n) is 3.92. The number of nitrogens with two attached hydrogens (primary N) is 1. The Morgan fingerprint density at radius 3 is 2.62 bits per heavy atom. The van der Waals surface area contributed by atoms with Gasteiger partial charge < -0.3 is 15.0 Å². The van der Waals surface area contributed by atoms with E-state index in [9.17, 15) is 0 Å². The highest BCUT2D eigenvalue weighted by atomic mass is 16.5. The smallest absolute Gasteiger partial charge is 0.228 e. The van der Waals surface area contributed by atoms with Crippen molar-refractivity contribution in [3.8, 4) is 0 Å². The fraction of sp³-hybridized carbons (Fsp3) is 0.875. The van der Waals surface area contributed by atoms with Crippen molar-refractivity contribution in [3.05, 3.63) is 11.7 Å². The van der Waals surface area contributed by atoms with Gasteiger partial charge in [0.2, 0.25) is 11.7 Å². The van der Waals surface area contributed by atoms with Crippen LogP contribution in [0.4, 0.5) is 0 Å². The average Bonchev–Trinajstić information content (AvgIpc) is 3.19. The first kappa shape index (κ1) is 15.0. The van der Waals surface area contributed by atoms with E-state index in [1.807, 2.05) is 0 Å². The normalized spacial score (nSPS) is 24.3. The van der Waals surface area contributed by atoms with Crippen molar-refractivity contribution in [2.24, 2.45) is 11.7 Å². The molecule has 2 N–H and O–H groups in total. The molecule has 2 aliphatic carbocycles. The van der Waals surface area contributed by atoms with E-state index in [0.717, 1.165) is 18.7 Å². The van der Waals surface area contributed by atoms with Crippen LogP contribution in [0.5, 0.6) is 0 Å². The topological polar surface area (TPSA) is 74.2 Å². The van der Waals surface area contributed by atoms with Crippen molar-refractivity contribution in [1.82, 2.24) is 10.1 Å². The Bertz CT molecular complexity index is 448. The average molecular weight is 293 g/mol. The standard InChI is InChI=1S/C16H27N3O2/c1-20-16(9-5-2-6-10-16)15-18-14(21-19-15)11-13(17)12-7-3-4-8-12/h12-13H,2-11,17H2,1H3. The molecule has 2 aliphatic rings. The summed E-state index contributed by atoms with van der Waals surface area (Å²) in [7, 11) is 1.76. The minimum atomic E-state index is -0.336. The molecule has 0 aliphatic heterocycles.